The van der Waals surface area contributed by atoms with Crippen LogP contribution in [0, 0.1) is 0 Å². The molecular weight excluding hydrogens is 316 g/mol. The topological polar surface area (TPSA) is 83.9 Å². The van der Waals surface area contributed by atoms with Gasteiger partial charge < -0.3 is 10.2 Å². The number of rotatable bonds is 3. The number of carbonyl (C=O) groups is 1. The van der Waals surface area contributed by atoms with Gasteiger partial charge in [0.1, 0.15) is 17.8 Å². The van der Waals surface area contributed by atoms with Crippen LogP contribution >= 0.6 is 0 Å². The van der Waals surface area contributed by atoms with Crippen molar-refractivity contribution < 1.29 is 4.79 Å². The summed E-state index contributed by atoms with van der Waals surface area (Å²) in [5, 5.41) is 3.39. The Bertz CT molecular complexity index is 877. The highest BCUT2D eigenvalue weighted by atomic mass is 16.2. The molecule has 0 bridgehead atoms. The van der Waals surface area contributed by atoms with E-state index in [4.69, 9.17) is 0 Å². The van der Waals surface area contributed by atoms with Gasteiger partial charge in [0.15, 0.2) is 0 Å². The maximum Gasteiger partial charge on any atom is 0.274 e. The molecule has 25 heavy (non-hydrogen) atoms. The molecule has 7 nitrogen and oxygen atoms in total. The van der Waals surface area contributed by atoms with E-state index >= 15 is 0 Å². The summed E-state index contributed by atoms with van der Waals surface area (Å²) in [6, 6.07) is 9.73. The van der Waals surface area contributed by atoms with E-state index < -0.39 is 0 Å². The summed E-state index contributed by atoms with van der Waals surface area (Å²) in [7, 11) is 0. The molecule has 1 saturated heterocycles. The molecule has 1 aromatic carbocycles. The van der Waals surface area contributed by atoms with Crippen LogP contribution in [-0.4, -0.2) is 49.9 Å². The van der Waals surface area contributed by atoms with Crippen LogP contribution in [0.5, 0.6) is 0 Å². The first-order valence-corrected chi connectivity index (χ1v) is 8.33. The summed E-state index contributed by atoms with van der Waals surface area (Å²) in [6.45, 7) is 1.38. The third-order valence-corrected chi connectivity index (χ3v) is 4.38. The molecule has 126 valence electrons. The van der Waals surface area contributed by atoms with Gasteiger partial charge in [-0.25, -0.2) is 15.0 Å². The monoisotopic (exact) mass is 334 g/mol. The van der Waals surface area contributed by atoms with Crippen LogP contribution < -0.4 is 5.32 Å². The van der Waals surface area contributed by atoms with E-state index in [-0.39, 0.29) is 5.91 Å². The van der Waals surface area contributed by atoms with Gasteiger partial charge in [-0.15, -0.1) is 0 Å². The first-order valence-electron chi connectivity index (χ1n) is 8.33. The lowest BCUT2D eigenvalue weighted by atomic mass is 10.0. The standard InChI is InChI=1S/C18H18N6O/c25-18(16-11-20-14-3-1-2-4-15(14)23-16)24-9-6-13(7-10-24)22-17-5-8-19-12-21-17/h1-5,8,11-13H,6-7,9-10H2,(H,19,21,22). The van der Waals surface area contributed by atoms with Gasteiger partial charge in [0.2, 0.25) is 0 Å². The predicted octanol–water partition coefficient (Wildman–Crippen LogP) is 2.14. The van der Waals surface area contributed by atoms with Crippen molar-refractivity contribution in [3.63, 3.8) is 0 Å². The molecule has 2 aromatic heterocycles. The van der Waals surface area contributed by atoms with Crippen molar-refractivity contribution in [2.75, 3.05) is 18.4 Å². The van der Waals surface area contributed by atoms with Crippen LogP contribution in [0.15, 0.2) is 49.1 Å². The highest BCUT2D eigenvalue weighted by molar-refractivity contribution is 5.93. The molecule has 4 rings (SSSR count). The van der Waals surface area contributed by atoms with E-state index in [0.717, 1.165) is 29.7 Å². The maximum absolute atomic E-state index is 12.7. The molecule has 0 radical (unpaired) electrons. The Hall–Kier alpha value is -3.09. The highest BCUT2D eigenvalue weighted by Crippen LogP contribution is 2.17. The number of anilines is 1. The smallest absolute Gasteiger partial charge is 0.274 e. The summed E-state index contributed by atoms with van der Waals surface area (Å²) >= 11 is 0. The van der Waals surface area contributed by atoms with Crippen molar-refractivity contribution in [3.8, 4) is 0 Å². The van der Waals surface area contributed by atoms with E-state index in [1.165, 1.54) is 6.33 Å². The maximum atomic E-state index is 12.7. The Morgan fingerprint density at radius 1 is 1.08 bits per heavy atom. The third-order valence-electron chi connectivity index (χ3n) is 4.38. The van der Waals surface area contributed by atoms with Gasteiger partial charge in [-0.05, 0) is 31.0 Å². The van der Waals surface area contributed by atoms with E-state index in [2.05, 4.69) is 25.3 Å². The number of amides is 1. The van der Waals surface area contributed by atoms with Crippen molar-refractivity contribution in [3.05, 3.63) is 54.7 Å². The Morgan fingerprint density at radius 2 is 1.88 bits per heavy atom. The summed E-state index contributed by atoms with van der Waals surface area (Å²) in [4.78, 5) is 31.4. The number of nitrogens with one attached hydrogen (secondary N) is 1. The molecule has 7 heteroatoms. The Kier molecular flexibility index (Phi) is 4.20. The number of likely N-dealkylation sites (tertiary alicyclic amines) is 1. The molecule has 0 saturated carbocycles. The van der Waals surface area contributed by atoms with Gasteiger partial charge in [-0.2, -0.15) is 0 Å². The lowest BCUT2D eigenvalue weighted by Gasteiger charge is -2.32. The number of carbonyl (C=O) groups excluding carboxylic acids is 1. The highest BCUT2D eigenvalue weighted by Gasteiger charge is 2.24. The second-order valence-electron chi connectivity index (χ2n) is 6.05. The van der Waals surface area contributed by atoms with Gasteiger partial charge in [-0.3, -0.25) is 9.78 Å². The zero-order chi connectivity index (χ0) is 17.1. The van der Waals surface area contributed by atoms with Crippen molar-refractivity contribution in [2.45, 2.75) is 18.9 Å². The van der Waals surface area contributed by atoms with E-state index in [1.807, 2.05) is 35.2 Å². The molecule has 0 spiro atoms. The Labute approximate surface area is 145 Å². The zero-order valence-corrected chi connectivity index (χ0v) is 13.7. The third kappa shape index (κ3) is 3.40. The van der Waals surface area contributed by atoms with Gasteiger partial charge in [0.25, 0.3) is 5.91 Å². The molecule has 3 aromatic rings. The predicted molar refractivity (Wildman–Crippen MR) is 94.1 cm³/mol. The number of para-hydroxylation sites is 2. The number of benzene rings is 1. The normalized spacial score (nSPS) is 15.3. The fourth-order valence-corrected chi connectivity index (χ4v) is 3.03. The lowest BCUT2D eigenvalue weighted by molar-refractivity contribution is 0.0712. The van der Waals surface area contributed by atoms with E-state index in [9.17, 15) is 4.79 Å². The molecule has 1 N–H and O–H groups in total. The lowest BCUT2D eigenvalue weighted by Crippen LogP contribution is -2.42. The SMILES string of the molecule is O=C(c1cnc2ccccc2n1)N1CCC(Nc2ccncn2)CC1. The summed E-state index contributed by atoms with van der Waals surface area (Å²) in [6.07, 6.45) is 6.55. The molecule has 1 fully saturated rings. The Balaban J connectivity index is 1.40. The molecule has 0 unspecified atom stereocenters. The van der Waals surface area contributed by atoms with Crippen LogP contribution in [0.1, 0.15) is 23.3 Å². The number of fused-ring (bicyclic) bond motifs is 1. The van der Waals surface area contributed by atoms with Crippen molar-refractivity contribution in [1.29, 1.82) is 0 Å². The molecular formula is C18H18N6O. The van der Waals surface area contributed by atoms with Gasteiger partial charge in [-0.1, -0.05) is 12.1 Å². The number of hydrogen-bond acceptors (Lipinski definition) is 6. The minimum absolute atomic E-state index is 0.0567. The molecule has 1 amide bonds. The van der Waals surface area contributed by atoms with Gasteiger partial charge in [0, 0.05) is 25.3 Å². The van der Waals surface area contributed by atoms with E-state index in [1.54, 1.807) is 12.4 Å². The second-order valence-corrected chi connectivity index (χ2v) is 6.05. The summed E-state index contributed by atoms with van der Waals surface area (Å²) in [5.41, 5.74) is 1.95. The second kappa shape index (κ2) is 6.80. The average Bonchev–Trinajstić information content (AvgIpc) is 2.68. The van der Waals surface area contributed by atoms with Crippen LogP contribution in [0.25, 0.3) is 11.0 Å². The van der Waals surface area contributed by atoms with Crippen LogP contribution in [0.4, 0.5) is 5.82 Å². The zero-order valence-electron chi connectivity index (χ0n) is 13.7. The van der Waals surface area contributed by atoms with Crippen molar-refractivity contribution in [1.82, 2.24) is 24.8 Å². The first-order chi connectivity index (χ1) is 12.3. The molecule has 1 aliphatic heterocycles. The van der Waals surface area contributed by atoms with Crippen molar-refractivity contribution in [2.24, 2.45) is 0 Å². The summed E-state index contributed by atoms with van der Waals surface area (Å²) < 4.78 is 0. The van der Waals surface area contributed by atoms with Crippen LogP contribution in [0.2, 0.25) is 0 Å². The fraction of sp³-hybridized carbons (Fsp3) is 0.278. The molecule has 3 heterocycles. The molecule has 1 aliphatic rings. The minimum Gasteiger partial charge on any atom is -0.367 e. The first kappa shape index (κ1) is 15.4. The quantitative estimate of drug-likeness (QED) is 0.790. The number of nitrogens with zero attached hydrogens (tertiary/aromatic N) is 5. The number of piperidine rings is 1. The van der Waals surface area contributed by atoms with E-state index in [0.29, 0.717) is 24.8 Å². The van der Waals surface area contributed by atoms with Crippen LogP contribution in [-0.2, 0) is 0 Å². The largest absolute Gasteiger partial charge is 0.367 e. The molecule has 0 aliphatic carbocycles. The average molecular weight is 334 g/mol. The molecule has 0 atom stereocenters. The van der Waals surface area contributed by atoms with Gasteiger partial charge in [0.05, 0.1) is 17.2 Å². The van der Waals surface area contributed by atoms with Gasteiger partial charge >= 0.3 is 0 Å². The van der Waals surface area contributed by atoms with Crippen molar-refractivity contribution >= 4 is 22.8 Å². The Morgan fingerprint density at radius 3 is 2.64 bits per heavy atom. The minimum atomic E-state index is -0.0567. The summed E-state index contributed by atoms with van der Waals surface area (Å²) in [5.74, 6) is 0.763. The fourth-order valence-electron chi connectivity index (χ4n) is 3.03. The van der Waals surface area contributed by atoms with Crippen LogP contribution in [0.3, 0.4) is 0 Å². The number of hydrogen-bond donors (Lipinski definition) is 1. The number of aromatic nitrogens is 4.